The van der Waals surface area contributed by atoms with E-state index >= 15 is 0 Å². The molecule has 0 atom stereocenters. The van der Waals surface area contributed by atoms with E-state index in [4.69, 9.17) is 10.1 Å². The Labute approximate surface area is 182 Å². The van der Waals surface area contributed by atoms with Gasteiger partial charge >= 0.3 is 0 Å². The molecule has 2 heterocycles. The Hall–Kier alpha value is -2.75. The highest BCUT2D eigenvalue weighted by atomic mass is 32.2. The standard InChI is InChI=1S/C22H27N5O3S/c1-14(2)27-11-9-15(10-12-27)20-19(28)8-3-16-13-24-22(26-21(16)20)25-17-4-6-18(7-5-17)31(23,29)30/h3-8,13-15,28H,9-12H2,1-2H3,(H2,23,29,30)(H,24,25,26). The van der Waals surface area contributed by atoms with Crippen LogP contribution in [0.4, 0.5) is 11.6 Å². The van der Waals surface area contributed by atoms with Crippen LogP contribution in [0.5, 0.6) is 5.75 Å². The van der Waals surface area contributed by atoms with Gasteiger partial charge in [0, 0.05) is 28.9 Å². The molecule has 0 aliphatic carbocycles. The molecule has 4 rings (SSSR count). The summed E-state index contributed by atoms with van der Waals surface area (Å²) in [5.41, 5.74) is 2.25. The lowest BCUT2D eigenvalue weighted by atomic mass is 9.87. The molecule has 3 aromatic rings. The third-order valence-electron chi connectivity index (χ3n) is 5.88. The van der Waals surface area contributed by atoms with Gasteiger partial charge in [-0.25, -0.2) is 23.5 Å². The molecule has 1 aliphatic rings. The van der Waals surface area contributed by atoms with E-state index in [9.17, 15) is 13.5 Å². The number of nitrogens with zero attached hydrogens (tertiary/aromatic N) is 3. The second-order valence-electron chi connectivity index (χ2n) is 8.23. The Morgan fingerprint density at radius 2 is 1.81 bits per heavy atom. The molecule has 1 aromatic heterocycles. The summed E-state index contributed by atoms with van der Waals surface area (Å²) in [5, 5.41) is 19.8. The van der Waals surface area contributed by atoms with Crippen molar-refractivity contribution in [3.63, 3.8) is 0 Å². The van der Waals surface area contributed by atoms with Crippen molar-refractivity contribution < 1.29 is 13.5 Å². The van der Waals surface area contributed by atoms with Crippen LogP contribution in [0.3, 0.4) is 0 Å². The molecule has 0 amide bonds. The fourth-order valence-electron chi connectivity index (χ4n) is 4.13. The number of hydrogen-bond donors (Lipinski definition) is 3. The summed E-state index contributed by atoms with van der Waals surface area (Å²) in [6.07, 6.45) is 3.66. The number of rotatable bonds is 5. The highest BCUT2D eigenvalue weighted by molar-refractivity contribution is 7.89. The Morgan fingerprint density at radius 1 is 1.13 bits per heavy atom. The third kappa shape index (κ3) is 4.63. The average Bonchev–Trinajstić information content (AvgIpc) is 2.73. The lowest BCUT2D eigenvalue weighted by Crippen LogP contribution is -2.37. The largest absolute Gasteiger partial charge is 0.508 e. The number of benzene rings is 2. The molecule has 0 saturated carbocycles. The fraction of sp³-hybridized carbons (Fsp3) is 0.364. The quantitative estimate of drug-likeness (QED) is 0.555. The number of aromatic nitrogens is 2. The topological polar surface area (TPSA) is 121 Å². The predicted octanol–water partition coefficient (Wildman–Crippen LogP) is 3.31. The van der Waals surface area contributed by atoms with Gasteiger partial charge in [0.1, 0.15) is 5.75 Å². The molecule has 0 spiro atoms. The van der Waals surface area contributed by atoms with Gasteiger partial charge in [-0.1, -0.05) is 0 Å². The van der Waals surface area contributed by atoms with Crippen LogP contribution in [0.15, 0.2) is 47.5 Å². The van der Waals surface area contributed by atoms with Crippen LogP contribution in [0, 0.1) is 0 Å². The Balaban J connectivity index is 1.63. The molecule has 1 saturated heterocycles. The molecule has 0 bridgehead atoms. The molecular weight excluding hydrogens is 414 g/mol. The minimum Gasteiger partial charge on any atom is -0.508 e. The van der Waals surface area contributed by atoms with Gasteiger partial charge < -0.3 is 15.3 Å². The van der Waals surface area contributed by atoms with E-state index in [1.165, 1.54) is 12.1 Å². The van der Waals surface area contributed by atoms with E-state index in [0.29, 0.717) is 17.7 Å². The number of primary sulfonamides is 1. The lowest BCUT2D eigenvalue weighted by Gasteiger charge is -2.35. The number of likely N-dealkylation sites (tertiary alicyclic amines) is 1. The first kappa shape index (κ1) is 21.5. The number of aromatic hydroxyl groups is 1. The van der Waals surface area contributed by atoms with Crippen molar-refractivity contribution in [2.75, 3.05) is 18.4 Å². The van der Waals surface area contributed by atoms with Crippen molar-refractivity contribution in [2.45, 2.75) is 43.5 Å². The summed E-state index contributed by atoms with van der Waals surface area (Å²) < 4.78 is 22.9. The van der Waals surface area contributed by atoms with E-state index in [2.05, 4.69) is 29.0 Å². The number of hydrogen-bond acceptors (Lipinski definition) is 7. The minimum atomic E-state index is -3.74. The van der Waals surface area contributed by atoms with Gasteiger partial charge in [-0.2, -0.15) is 0 Å². The van der Waals surface area contributed by atoms with Crippen LogP contribution in [0.2, 0.25) is 0 Å². The van der Waals surface area contributed by atoms with Gasteiger partial charge in [0.15, 0.2) is 0 Å². The molecule has 4 N–H and O–H groups in total. The number of anilines is 2. The molecule has 8 nitrogen and oxygen atoms in total. The smallest absolute Gasteiger partial charge is 0.238 e. The summed E-state index contributed by atoms with van der Waals surface area (Å²) in [7, 11) is -3.74. The summed E-state index contributed by atoms with van der Waals surface area (Å²) in [5.74, 6) is 0.871. The molecule has 0 unspecified atom stereocenters. The lowest BCUT2D eigenvalue weighted by molar-refractivity contribution is 0.171. The van der Waals surface area contributed by atoms with Crippen LogP contribution in [-0.2, 0) is 10.0 Å². The zero-order valence-corrected chi connectivity index (χ0v) is 18.4. The first-order valence-electron chi connectivity index (χ1n) is 10.3. The monoisotopic (exact) mass is 441 g/mol. The van der Waals surface area contributed by atoms with Crippen LogP contribution < -0.4 is 10.5 Å². The van der Waals surface area contributed by atoms with Gasteiger partial charge in [0.25, 0.3) is 0 Å². The predicted molar refractivity (Wildman–Crippen MR) is 121 cm³/mol. The third-order valence-corrected chi connectivity index (χ3v) is 6.81. The molecule has 1 fully saturated rings. The Kier molecular flexibility index (Phi) is 5.83. The van der Waals surface area contributed by atoms with E-state index in [0.717, 1.165) is 42.4 Å². The SMILES string of the molecule is CC(C)N1CCC(c2c(O)ccc3cnc(Nc4ccc(S(N)(=O)=O)cc4)nc23)CC1. The number of phenols is 1. The molecule has 2 aromatic carbocycles. The maximum Gasteiger partial charge on any atom is 0.238 e. The van der Waals surface area contributed by atoms with Gasteiger partial charge in [-0.05, 0) is 82.1 Å². The number of phenolic OH excluding ortho intramolecular Hbond substituents is 1. The number of nitrogens with one attached hydrogen (secondary N) is 1. The molecular formula is C22H27N5O3S. The minimum absolute atomic E-state index is 0.0393. The molecule has 9 heteroatoms. The molecule has 31 heavy (non-hydrogen) atoms. The first-order chi connectivity index (χ1) is 14.7. The molecule has 164 valence electrons. The highest BCUT2D eigenvalue weighted by Gasteiger charge is 2.26. The van der Waals surface area contributed by atoms with Crippen molar-refractivity contribution in [1.29, 1.82) is 0 Å². The van der Waals surface area contributed by atoms with E-state index in [1.807, 2.05) is 6.07 Å². The van der Waals surface area contributed by atoms with Crippen molar-refractivity contribution in [1.82, 2.24) is 14.9 Å². The summed E-state index contributed by atoms with van der Waals surface area (Å²) in [6.45, 7) is 6.39. The van der Waals surface area contributed by atoms with Crippen molar-refractivity contribution in [2.24, 2.45) is 5.14 Å². The van der Waals surface area contributed by atoms with Crippen LogP contribution in [-0.4, -0.2) is 47.5 Å². The van der Waals surface area contributed by atoms with Crippen LogP contribution in [0.1, 0.15) is 38.2 Å². The second-order valence-corrected chi connectivity index (χ2v) is 9.79. The van der Waals surface area contributed by atoms with Crippen molar-refractivity contribution >= 4 is 32.6 Å². The zero-order chi connectivity index (χ0) is 22.2. The summed E-state index contributed by atoms with van der Waals surface area (Å²) in [4.78, 5) is 11.6. The van der Waals surface area contributed by atoms with E-state index in [1.54, 1.807) is 24.4 Å². The Bertz CT molecular complexity index is 1190. The van der Waals surface area contributed by atoms with Gasteiger partial charge in [-0.15, -0.1) is 0 Å². The van der Waals surface area contributed by atoms with Gasteiger partial charge in [0.2, 0.25) is 16.0 Å². The van der Waals surface area contributed by atoms with Gasteiger partial charge in [0.05, 0.1) is 10.4 Å². The van der Waals surface area contributed by atoms with Crippen LogP contribution >= 0.6 is 0 Å². The van der Waals surface area contributed by atoms with E-state index in [-0.39, 0.29) is 16.6 Å². The zero-order valence-electron chi connectivity index (χ0n) is 17.6. The number of fused-ring (bicyclic) bond motifs is 1. The maximum absolute atomic E-state index is 11.4. The van der Waals surface area contributed by atoms with Crippen molar-refractivity contribution in [3.05, 3.63) is 48.2 Å². The van der Waals surface area contributed by atoms with Gasteiger partial charge in [-0.3, -0.25) is 0 Å². The van der Waals surface area contributed by atoms with Crippen molar-refractivity contribution in [3.8, 4) is 5.75 Å². The molecule has 1 aliphatic heterocycles. The number of piperidine rings is 1. The Morgan fingerprint density at radius 3 is 2.42 bits per heavy atom. The van der Waals surface area contributed by atoms with E-state index < -0.39 is 10.0 Å². The fourth-order valence-corrected chi connectivity index (χ4v) is 4.65. The summed E-state index contributed by atoms with van der Waals surface area (Å²) in [6, 6.07) is 10.1. The average molecular weight is 442 g/mol. The second kappa shape index (κ2) is 8.41. The number of nitrogens with two attached hydrogens (primary N) is 1. The first-order valence-corrected chi connectivity index (χ1v) is 11.9. The highest BCUT2D eigenvalue weighted by Crippen LogP contribution is 2.38. The maximum atomic E-state index is 11.4. The van der Waals surface area contributed by atoms with Crippen LogP contribution in [0.25, 0.3) is 10.9 Å². The number of sulfonamides is 1. The summed E-state index contributed by atoms with van der Waals surface area (Å²) >= 11 is 0. The normalized spacial score (nSPS) is 16.1. The molecule has 0 radical (unpaired) electrons.